The molecule has 1 saturated heterocycles. The molecule has 0 aromatic carbocycles. The number of nitrogens with zero attached hydrogens (tertiary/aromatic N) is 2. The standard InChI is InChI=1S/C12H20F6N4O2S.HI/c1-19-10(20-5-4-11(13,14)15)21-8-9-2-6-22(7-3-9)25(23,24)12(16,17)18;/h9H,2-8H2,1H3,(H2,19,20,21);1H. The Hall–Kier alpha value is -0.510. The number of alkyl halides is 6. The van der Waals surface area contributed by atoms with Crippen LogP contribution in [0.2, 0.25) is 0 Å². The maximum Gasteiger partial charge on any atom is 0.511 e. The fourth-order valence-corrected chi connectivity index (χ4v) is 3.27. The molecule has 0 aromatic rings. The van der Waals surface area contributed by atoms with E-state index in [1.165, 1.54) is 7.05 Å². The molecule has 0 atom stereocenters. The summed E-state index contributed by atoms with van der Waals surface area (Å²) in [5, 5.41) is 5.27. The Morgan fingerprint density at radius 2 is 1.65 bits per heavy atom. The van der Waals surface area contributed by atoms with Crippen LogP contribution in [0.15, 0.2) is 4.99 Å². The van der Waals surface area contributed by atoms with Crippen molar-refractivity contribution in [2.24, 2.45) is 10.9 Å². The van der Waals surface area contributed by atoms with Crippen molar-refractivity contribution in [2.45, 2.75) is 30.9 Å². The maximum atomic E-state index is 12.5. The lowest BCUT2D eigenvalue weighted by molar-refractivity contribution is -0.132. The van der Waals surface area contributed by atoms with Crippen molar-refractivity contribution < 1.29 is 34.8 Å². The van der Waals surface area contributed by atoms with Gasteiger partial charge in [0.25, 0.3) is 0 Å². The number of guanidine groups is 1. The zero-order valence-corrected chi connectivity index (χ0v) is 17.0. The van der Waals surface area contributed by atoms with Gasteiger partial charge in [0.2, 0.25) is 0 Å². The number of sulfonamides is 1. The highest BCUT2D eigenvalue weighted by atomic mass is 127. The van der Waals surface area contributed by atoms with Gasteiger partial charge in [-0.2, -0.15) is 30.6 Å². The summed E-state index contributed by atoms with van der Waals surface area (Å²) in [4.78, 5) is 3.75. The highest BCUT2D eigenvalue weighted by Gasteiger charge is 2.50. The molecule has 1 rings (SSSR count). The normalized spacial score (nSPS) is 18.3. The average Bonchev–Trinajstić information content (AvgIpc) is 2.48. The van der Waals surface area contributed by atoms with Gasteiger partial charge in [0.05, 0.1) is 6.42 Å². The number of nitrogens with one attached hydrogen (secondary N) is 2. The van der Waals surface area contributed by atoms with Crippen LogP contribution in [0, 0.1) is 5.92 Å². The van der Waals surface area contributed by atoms with Crippen molar-refractivity contribution in [2.75, 3.05) is 33.2 Å². The second-order valence-corrected chi connectivity index (χ2v) is 7.47. The highest BCUT2D eigenvalue weighted by molar-refractivity contribution is 14.0. The van der Waals surface area contributed by atoms with Crippen molar-refractivity contribution in [1.82, 2.24) is 14.9 Å². The number of halogens is 7. The molecule has 1 aliphatic rings. The molecule has 26 heavy (non-hydrogen) atoms. The van der Waals surface area contributed by atoms with Gasteiger partial charge in [-0.15, -0.1) is 24.0 Å². The Bertz CT molecular complexity index is 559. The first kappa shape index (κ1) is 25.5. The van der Waals surface area contributed by atoms with Crippen LogP contribution in [0.25, 0.3) is 0 Å². The molecule has 0 spiro atoms. The lowest BCUT2D eigenvalue weighted by Crippen LogP contribution is -2.47. The largest absolute Gasteiger partial charge is 0.511 e. The molecular weight excluding hydrogens is 505 g/mol. The summed E-state index contributed by atoms with van der Waals surface area (Å²) < 4.78 is 96.6. The molecule has 14 heteroatoms. The van der Waals surface area contributed by atoms with Crippen LogP contribution in [-0.4, -0.2) is 63.6 Å². The highest BCUT2D eigenvalue weighted by Crippen LogP contribution is 2.30. The molecule has 0 radical (unpaired) electrons. The fourth-order valence-electron chi connectivity index (χ4n) is 2.28. The number of piperidine rings is 1. The first-order valence-electron chi connectivity index (χ1n) is 7.44. The van der Waals surface area contributed by atoms with Gasteiger partial charge in [0.15, 0.2) is 5.96 Å². The summed E-state index contributed by atoms with van der Waals surface area (Å²) in [6, 6.07) is 0. The first-order valence-corrected chi connectivity index (χ1v) is 8.88. The molecule has 156 valence electrons. The van der Waals surface area contributed by atoms with Gasteiger partial charge in [0.1, 0.15) is 0 Å². The molecule has 6 nitrogen and oxygen atoms in total. The molecule has 1 aliphatic heterocycles. The number of rotatable bonds is 5. The van der Waals surface area contributed by atoms with Crippen LogP contribution in [0.4, 0.5) is 26.3 Å². The predicted octanol–water partition coefficient (Wildman–Crippen LogP) is 2.28. The van der Waals surface area contributed by atoms with Crippen LogP contribution in [0.3, 0.4) is 0 Å². The van der Waals surface area contributed by atoms with E-state index in [4.69, 9.17) is 0 Å². The summed E-state index contributed by atoms with van der Waals surface area (Å²) in [5.74, 6) is 0.0374. The summed E-state index contributed by atoms with van der Waals surface area (Å²) in [5.41, 5.74) is -5.32. The third kappa shape index (κ3) is 8.02. The first-order chi connectivity index (χ1) is 11.4. The Morgan fingerprint density at radius 3 is 2.08 bits per heavy atom. The van der Waals surface area contributed by atoms with Crippen molar-refractivity contribution in [3.05, 3.63) is 0 Å². The molecule has 0 amide bonds. The van der Waals surface area contributed by atoms with Crippen molar-refractivity contribution in [1.29, 1.82) is 0 Å². The fraction of sp³-hybridized carbons (Fsp3) is 0.917. The van der Waals surface area contributed by atoms with Gasteiger partial charge in [-0.3, -0.25) is 4.99 Å². The van der Waals surface area contributed by atoms with Crippen LogP contribution in [0.1, 0.15) is 19.3 Å². The van der Waals surface area contributed by atoms with Gasteiger partial charge in [-0.25, -0.2) is 8.42 Å². The summed E-state index contributed by atoms with van der Waals surface area (Å²) >= 11 is 0. The Morgan fingerprint density at radius 1 is 1.12 bits per heavy atom. The minimum atomic E-state index is -5.32. The van der Waals surface area contributed by atoms with Crippen LogP contribution in [0.5, 0.6) is 0 Å². The topological polar surface area (TPSA) is 73.8 Å². The lowest BCUT2D eigenvalue weighted by Gasteiger charge is -2.31. The Labute approximate surface area is 164 Å². The van der Waals surface area contributed by atoms with Crippen LogP contribution in [-0.2, 0) is 10.0 Å². The Balaban J connectivity index is 0.00000625. The lowest BCUT2D eigenvalue weighted by atomic mass is 9.98. The molecule has 2 N–H and O–H groups in total. The van der Waals surface area contributed by atoms with Gasteiger partial charge < -0.3 is 10.6 Å². The van der Waals surface area contributed by atoms with E-state index in [-0.39, 0.29) is 74.9 Å². The molecular formula is C12H21F6IN4O2S. The maximum absolute atomic E-state index is 12.5. The van der Waals surface area contributed by atoms with Crippen molar-refractivity contribution in [3.8, 4) is 0 Å². The molecule has 0 aromatic heterocycles. The molecule has 1 fully saturated rings. The SMILES string of the molecule is CN=C(NCCC(F)(F)F)NCC1CCN(S(=O)(=O)C(F)(F)F)CC1.I. The van der Waals surface area contributed by atoms with E-state index in [1.807, 2.05) is 0 Å². The predicted molar refractivity (Wildman–Crippen MR) is 94.7 cm³/mol. The van der Waals surface area contributed by atoms with Gasteiger partial charge in [0, 0.05) is 33.2 Å². The van der Waals surface area contributed by atoms with Crippen molar-refractivity contribution in [3.63, 3.8) is 0 Å². The average molecular weight is 526 g/mol. The van der Waals surface area contributed by atoms with E-state index in [0.717, 1.165) is 0 Å². The second-order valence-electron chi connectivity index (χ2n) is 5.54. The van der Waals surface area contributed by atoms with E-state index in [9.17, 15) is 34.8 Å². The smallest absolute Gasteiger partial charge is 0.356 e. The van der Waals surface area contributed by atoms with Crippen LogP contribution < -0.4 is 10.6 Å². The van der Waals surface area contributed by atoms with E-state index in [0.29, 0.717) is 4.31 Å². The molecule has 1 heterocycles. The van der Waals surface area contributed by atoms with Gasteiger partial charge in [-0.1, -0.05) is 0 Å². The third-order valence-electron chi connectivity index (χ3n) is 3.69. The van der Waals surface area contributed by atoms with Crippen LogP contribution >= 0.6 is 24.0 Å². The summed E-state index contributed by atoms with van der Waals surface area (Å²) in [6.07, 6.45) is -4.90. The van der Waals surface area contributed by atoms with E-state index in [1.54, 1.807) is 0 Å². The van der Waals surface area contributed by atoms with E-state index < -0.39 is 28.1 Å². The molecule has 0 bridgehead atoms. The minimum absolute atomic E-state index is 0. The van der Waals surface area contributed by atoms with Crippen molar-refractivity contribution >= 4 is 40.0 Å². The number of hydrogen-bond donors (Lipinski definition) is 2. The number of hydrogen-bond acceptors (Lipinski definition) is 3. The summed E-state index contributed by atoms with van der Waals surface area (Å²) in [6.45, 7) is -0.598. The quantitative estimate of drug-likeness (QED) is 0.250. The van der Waals surface area contributed by atoms with E-state index >= 15 is 0 Å². The molecule has 0 saturated carbocycles. The number of aliphatic imine (C=N–C) groups is 1. The Kier molecular flexibility index (Phi) is 9.95. The zero-order chi connectivity index (χ0) is 19.3. The summed E-state index contributed by atoms with van der Waals surface area (Å²) in [7, 11) is -3.94. The van der Waals surface area contributed by atoms with Gasteiger partial charge in [-0.05, 0) is 18.8 Å². The minimum Gasteiger partial charge on any atom is -0.356 e. The second kappa shape index (κ2) is 10.1. The van der Waals surface area contributed by atoms with Gasteiger partial charge >= 0.3 is 21.7 Å². The molecule has 0 unspecified atom stereocenters. The molecule has 0 aliphatic carbocycles. The van der Waals surface area contributed by atoms with E-state index in [2.05, 4.69) is 15.6 Å². The monoisotopic (exact) mass is 526 g/mol. The third-order valence-corrected chi connectivity index (χ3v) is 5.32. The zero-order valence-electron chi connectivity index (χ0n) is 13.8.